The van der Waals surface area contributed by atoms with E-state index in [4.69, 9.17) is 0 Å². The van der Waals surface area contributed by atoms with Gasteiger partial charge in [-0.15, -0.1) is 0 Å². The number of likely N-dealkylation sites (N-methyl/N-ethyl adjacent to an activating group) is 1. The molecule has 1 aromatic rings. The van der Waals surface area contributed by atoms with Gasteiger partial charge >= 0.3 is 6.03 Å². The van der Waals surface area contributed by atoms with Gasteiger partial charge in [-0.1, -0.05) is 12.8 Å². The quantitative estimate of drug-likeness (QED) is 0.786. The van der Waals surface area contributed by atoms with E-state index in [9.17, 15) is 14.4 Å². The van der Waals surface area contributed by atoms with Gasteiger partial charge in [0.25, 0.3) is 5.91 Å². The molecule has 2 aliphatic rings. The third kappa shape index (κ3) is 3.25. The molecule has 1 aromatic heterocycles. The Morgan fingerprint density at radius 3 is 2.62 bits per heavy atom. The zero-order valence-corrected chi connectivity index (χ0v) is 13.9. The van der Waals surface area contributed by atoms with E-state index in [1.54, 1.807) is 19.4 Å². The SMILES string of the molecule is CN1CC(=O)N(CC(=O)N2CCCCCC2c2ccncc2)C1=O. The minimum Gasteiger partial charge on any atom is -0.334 e. The second-order valence-corrected chi connectivity index (χ2v) is 6.35. The standard InChI is InChI=1S/C17H22N4O3/c1-19-11-15(22)21(17(19)24)12-16(23)20-10-4-2-3-5-14(20)13-6-8-18-9-7-13/h6-9,14H,2-5,10-12H2,1H3. The number of pyridine rings is 1. The van der Waals surface area contributed by atoms with E-state index in [1.807, 2.05) is 17.0 Å². The van der Waals surface area contributed by atoms with E-state index in [0.717, 1.165) is 36.1 Å². The number of carbonyl (C=O) groups excluding carboxylic acids is 3. The molecule has 1 atom stereocenters. The topological polar surface area (TPSA) is 73.8 Å². The van der Waals surface area contributed by atoms with E-state index in [2.05, 4.69) is 4.98 Å². The second-order valence-electron chi connectivity index (χ2n) is 6.35. The largest absolute Gasteiger partial charge is 0.334 e. The predicted molar refractivity (Wildman–Crippen MR) is 86.9 cm³/mol. The van der Waals surface area contributed by atoms with Crippen LogP contribution in [0.2, 0.25) is 0 Å². The number of urea groups is 1. The molecule has 4 amide bonds. The third-order valence-electron chi connectivity index (χ3n) is 4.69. The van der Waals surface area contributed by atoms with Gasteiger partial charge in [0.15, 0.2) is 0 Å². The Hall–Kier alpha value is -2.44. The number of carbonyl (C=O) groups is 3. The summed E-state index contributed by atoms with van der Waals surface area (Å²) >= 11 is 0. The highest BCUT2D eigenvalue weighted by Gasteiger charge is 2.37. The fourth-order valence-electron chi connectivity index (χ4n) is 3.39. The highest BCUT2D eigenvalue weighted by molar-refractivity contribution is 6.04. The van der Waals surface area contributed by atoms with Gasteiger partial charge in [0.05, 0.1) is 6.04 Å². The lowest BCUT2D eigenvalue weighted by Gasteiger charge is -2.31. The van der Waals surface area contributed by atoms with E-state index < -0.39 is 6.03 Å². The minimum absolute atomic E-state index is 0.0199. The van der Waals surface area contributed by atoms with Crippen molar-refractivity contribution in [1.29, 1.82) is 0 Å². The zero-order chi connectivity index (χ0) is 17.1. The first-order valence-corrected chi connectivity index (χ1v) is 8.33. The van der Waals surface area contributed by atoms with Crippen LogP contribution in [0.15, 0.2) is 24.5 Å². The van der Waals surface area contributed by atoms with Crippen LogP contribution in [0.1, 0.15) is 37.3 Å². The maximum atomic E-state index is 12.8. The molecule has 2 aliphatic heterocycles. The summed E-state index contributed by atoms with van der Waals surface area (Å²) in [4.78, 5) is 45.0. The molecule has 0 N–H and O–H groups in total. The lowest BCUT2D eigenvalue weighted by molar-refractivity contribution is -0.138. The smallest absolute Gasteiger partial charge is 0.327 e. The van der Waals surface area contributed by atoms with E-state index in [0.29, 0.717) is 6.54 Å². The molecule has 2 fully saturated rings. The number of rotatable bonds is 3. The van der Waals surface area contributed by atoms with Crippen LogP contribution in [-0.2, 0) is 9.59 Å². The molecule has 3 heterocycles. The predicted octanol–water partition coefficient (Wildman–Crippen LogP) is 1.42. The molecule has 128 valence electrons. The normalized spacial score (nSPS) is 22.0. The summed E-state index contributed by atoms with van der Waals surface area (Å²) in [6.07, 6.45) is 7.42. The first-order chi connectivity index (χ1) is 11.6. The Morgan fingerprint density at radius 2 is 1.96 bits per heavy atom. The highest BCUT2D eigenvalue weighted by atomic mass is 16.2. The van der Waals surface area contributed by atoms with Gasteiger partial charge < -0.3 is 9.80 Å². The Bertz CT molecular complexity index is 634. The zero-order valence-electron chi connectivity index (χ0n) is 13.9. The Morgan fingerprint density at radius 1 is 1.21 bits per heavy atom. The van der Waals surface area contributed by atoms with Crippen LogP contribution >= 0.6 is 0 Å². The lowest BCUT2D eigenvalue weighted by Crippen LogP contribution is -2.44. The Labute approximate surface area is 141 Å². The van der Waals surface area contributed by atoms with Gasteiger partial charge in [0, 0.05) is 26.0 Å². The van der Waals surface area contributed by atoms with Gasteiger partial charge in [-0.05, 0) is 30.5 Å². The van der Waals surface area contributed by atoms with Crippen LogP contribution in [0.4, 0.5) is 4.79 Å². The third-order valence-corrected chi connectivity index (χ3v) is 4.69. The molecule has 0 bridgehead atoms. The summed E-state index contributed by atoms with van der Waals surface area (Å²) in [7, 11) is 1.57. The molecule has 0 aromatic carbocycles. The van der Waals surface area contributed by atoms with Crippen molar-refractivity contribution in [3.63, 3.8) is 0 Å². The van der Waals surface area contributed by atoms with Gasteiger partial charge in [-0.25, -0.2) is 4.79 Å². The molecular weight excluding hydrogens is 308 g/mol. The number of aromatic nitrogens is 1. The first-order valence-electron chi connectivity index (χ1n) is 8.33. The summed E-state index contributed by atoms with van der Waals surface area (Å²) in [5.74, 6) is -0.484. The Balaban J connectivity index is 1.78. The Kier molecular flexibility index (Phi) is 4.78. The molecular formula is C17H22N4O3. The van der Waals surface area contributed by atoms with Gasteiger partial charge in [-0.3, -0.25) is 19.5 Å². The molecule has 0 saturated carbocycles. The van der Waals surface area contributed by atoms with Crippen molar-refractivity contribution in [2.75, 3.05) is 26.7 Å². The van der Waals surface area contributed by atoms with E-state index in [-0.39, 0.29) is 30.9 Å². The molecule has 0 spiro atoms. The molecule has 24 heavy (non-hydrogen) atoms. The maximum Gasteiger partial charge on any atom is 0.327 e. The van der Waals surface area contributed by atoms with Crippen LogP contribution in [0.5, 0.6) is 0 Å². The van der Waals surface area contributed by atoms with Gasteiger partial charge in [-0.2, -0.15) is 0 Å². The van der Waals surface area contributed by atoms with Crippen LogP contribution in [0.3, 0.4) is 0 Å². The van der Waals surface area contributed by atoms with Crippen molar-refractivity contribution < 1.29 is 14.4 Å². The van der Waals surface area contributed by atoms with E-state index in [1.165, 1.54) is 4.90 Å². The fourth-order valence-corrected chi connectivity index (χ4v) is 3.39. The summed E-state index contributed by atoms with van der Waals surface area (Å²) in [5.41, 5.74) is 1.05. The second kappa shape index (κ2) is 6.98. The fraction of sp³-hybridized carbons (Fsp3) is 0.529. The van der Waals surface area contributed by atoms with Gasteiger partial charge in [0.1, 0.15) is 13.1 Å². The molecule has 0 aliphatic carbocycles. The first kappa shape index (κ1) is 16.4. The average Bonchev–Trinajstić information content (AvgIpc) is 2.78. The maximum absolute atomic E-state index is 12.8. The van der Waals surface area contributed by atoms with Crippen LogP contribution in [0, 0.1) is 0 Å². The summed E-state index contributed by atoms with van der Waals surface area (Å²) < 4.78 is 0. The molecule has 0 radical (unpaired) electrons. The van der Waals surface area contributed by atoms with Crippen molar-refractivity contribution in [1.82, 2.24) is 19.7 Å². The van der Waals surface area contributed by atoms with Crippen molar-refractivity contribution in [3.05, 3.63) is 30.1 Å². The molecule has 3 rings (SSSR count). The molecule has 2 saturated heterocycles. The molecule has 1 unspecified atom stereocenters. The number of hydrogen-bond donors (Lipinski definition) is 0. The van der Waals surface area contributed by atoms with Gasteiger partial charge in [0.2, 0.25) is 5.91 Å². The number of imide groups is 1. The monoisotopic (exact) mass is 330 g/mol. The number of likely N-dealkylation sites (tertiary alicyclic amines) is 1. The summed E-state index contributed by atoms with van der Waals surface area (Å²) in [6, 6.07) is 3.43. The molecule has 7 nitrogen and oxygen atoms in total. The van der Waals surface area contributed by atoms with Crippen LogP contribution in [0.25, 0.3) is 0 Å². The minimum atomic E-state index is -0.399. The number of amides is 4. The lowest BCUT2D eigenvalue weighted by atomic mass is 10.0. The van der Waals surface area contributed by atoms with Crippen molar-refractivity contribution in [2.45, 2.75) is 31.7 Å². The summed E-state index contributed by atoms with van der Waals surface area (Å²) in [5, 5.41) is 0. The van der Waals surface area contributed by atoms with Crippen molar-refractivity contribution in [3.8, 4) is 0 Å². The summed E-state index contributed by atoms with van der Waals surface area (Å²) in [6.45, 7) is 0.515. The number of hydrogen-bond acceptors (Lipinski definition) is 4. The van der Waals surface area contributed by atoms with Crippen LogP contribution < -0.4 is 0 Å². The molecule has 7 heteroatoms. The van der Waals surface area contributed by atoms with E-state index >= 15 is 0 Å². The highest BCUT2D eigenvalue weighted by Crippen LogP contribution is 2.30. The van der Waals surface area contributed by atoms with Crippen molar-refractivity contribution >= 4 is 17.8 Å². The van der Waals surface area contributed by atoms with Crippen molar-refractivity contribution in [2.24, 2.45) is 0 Å². The average molecular weight is 330 g/mol. The van der Waals surface area contributed by atoms with Crippen LogP contribution in [-0.4, -0.2) is 64.2 Å². The number of nitrogens with zero attached hydrogens (tertiary/aromatic N) is 4.